The van der Waals surface area contributed by atoms with Gasteiger partial charge in [0.05, 0.1) is 5.69 Å². The van der Waals surface area contributed by atoms with Crippen molar-refractivity contribution in [3.05, 3.63) is 137 Å². The molecule has 0 saturated heterocycles. The summed E-state index contributed by atoms with van der Waals surface area (Å²) < 4.78 is 7.08. The first kappa shape index (κ1) is 37.8. The van der Waals surface area contributed by atoms with Gasteiger partial charge in [0.25, 0.3) is 6.71 Å². The van der Waals surface area contributed by atoms with Gasteiger partial charge in [0.2, 0.25) is 0 Å². The van der Waals surface area contributed by atoms with E-state index in [-0.39, 0.29) is 23.0 Å². The lowest BCUT2D eigenvalue weighted by Crippen LogP contribution is -2.62. The van der Waals surface area contributed by atoms with E-state index in [0.717, 1.165) is 11.2 Å². The number of para-hydroxylation sites is 2. The molecule has 1 saturated carbocycles. The van der Waals surface area contributed by atoms with Crippen molar-refractivity contribution in [1.29, 1.82) is 0 Å². The van der Waals surface area contributed by atoms with E-state index in [0.29, 0.717) is 5.92 Å². The van der Waals surface area contributed by atoms with Crippen molar-refractivity contribution >= 4 is 79.2 Å². The molecule has 2 aliphatic carbocycles. The zero-order chi connectivity index (χ0) is 41.5. The monoisotopic (exact) mass is 786 g/mol. The number of rotatable bonds is 3. The Morgan fingerprint density at radius 3 is 1.98 bits per heavy atom. The van der Waals surface area contributed by atoms with Gasteiger partial charge in [0.1, 0.15) is 5.58 Å². The van der Waals surface area contributed by atoms with Crippen LogP contribution in [0.15, 0.2) is 108 Å². The predicted octanol–water partition coefficient (Wildman–Crippen LogP) is 14.0. The molecule has 3 heterocycles. The third kappa shape index (κ3) is 5.54. The second kappa shape index (κ2) is 13.1. The van der Waals surface area contributed by atoms with Crippen LogP contribution in [0, 0.1) is 13.8 Å². The zero-order valence-electron chi connectivity index (χ0n) is 37.2. The number of hydrogen-bond donors (Lipinski definition) is 0. The quantitative estimate of drug-likeness (QED) is 0.166. The highest BCUT2D eigenvalue weighted by atomic mass is 16.3. The molecule has 11 rings (SSSR count). The third-order valence-corrected chi connectivity index (χ3v) is 15.3. The van der Waals surface area contributed by atoms with Crippen molar-refractivity contribution < 1.29 is 4.42 Å². The Kier molecular flexibility index (Phi) is 8.27. The number of hydrogen-bond acceptors (Lipinski definition) is 3. The summed E-state index contributed by atoms with van der Waals surface area (Å²) >= 11 is 0. The number of benzene rings is 6. The molecule has 4 heteroatoms. The normalized spacial score (nSPS) is 18.1. The molecular formula is C56H59BN2O. The molecule has 0 amide bonds. The van der Waals surface area contributed by atoms with Gasteiger partial charge < -0.3 is 14.2 Å². The third-order valence-electron chi connectivity index (χ3n) is 15.3. The maximum absolute atomic E-state index is 7.08. The molecule has 0 N–H and O–H groups in total. The molecule has 1 fully saturated rings. The highest BCUT2D eigenvalue weighted by Gasteiger charge is 2.48. The Labute approximate surface area is 357 Å². The Morgan fingerprint density at radius 2 is 1.27 bits per heavy atom. The molecular weight excluding hydrogens is 727 g/mol. The molecule has 6 aromatic carbocycles. The second-order valence-electron chi connectivity index (χ2n) is 21.2. The standard InChI is InChI=1S/C56H59BN2O/c1-34-17-13-15-21-45(34)59-49-31-37(36-18-11-10-12-19-36)30-48-51(49)57(43-25-24-40-39-20-14-16-22-50(39)60-53(40)52(43)59)44-32-41-42(56(8,9)28-27-55(41,6)7)33-47(44)58(48)46-26-23-38(29-35(46)2)54(3,4)5/h13-17,20-26,29-33,36H,10-12,18-19,27-28H2,1-9H3. The molecule has 0 atom stereocenters. The summed E-state index contributed by atoms with van der Waals surface area (Å²) in [6, 6.07) is 40.2. The van der Waals surface area contributed by atoms with E-state index in [2.05, 4.69) is 175 Å². The molecule has 2 aliphatic heterocycles. The first-order chi connectivity index (χ1) is 28.7. The van der Waals surface area contributed by atoms with Gasteiger partial charge in [-0.15, -0.1) is 0 Å². The SMILES string of the molecule is Cc1cc(C(C)(C)C)ccc1N1c2cc3c(cc2B2c4ccc5c(oc6ccccc65)c4N(c4ccccc4C)c4cc(C5CCCCC5)cc1c42)C(C)(C)CCC3(C)C. The van der Waals surface area contributed by atoms with Crippen LogP contribution >= 0.6 is 0 Å². The average Bonchev–Trinajstić information content (AvgIpc) is 3.61. The summed E-state index contributed by atoms with van der Waals surface area (Å²) in [5.74, 6) is 0.525. The molecule has 1 aromatic heterocycles. The molecule has 0 unspecified atom stereocenters. The first-order valence-corrected chi connectivity index (χ1v) is 22.8. The summed E-state index contributed by atoms with van der Waals surface area (Å²) in [5.41, 5.74) is 22.3. The second-order valence-corrected chi connectivity index (χ2v) is 21.2. The molecule has 7 aromatic rings. The summed E-state index contributed by atoms with van der Waals surface area (Å²) in [7, 11) is 0. The van der Waals surface area contributed by atoms with Crippen molar-refractivity contribution in [3.63, 3.8) is 0 Å². The molecule has 3 nitrogen and oxygen atoms in total. The number of nitrogens with zero attached hydrogens (tertiary/aromatic N) is 2. The van der Waals surface area contributed by atoms with Crippen LogP contribution in [0.4, 0.5) is 34.1 Å². The molecule has 0 spiro atoms. The summed E-state index contributed by atoms with van der Waals surface area (Å²) in [6.07, 6.45) is 8.75. The minimum atomic E-state index is 0.0230. The lowest BCUT2D eigenvalue weighted by molar-refractivity contribution is 0.332. The van der Waals surface area contributed by atoms with Crippen LogP contribution in [0.2, 0.25) is 0 Å². The van der Waals surface area contributed by atoms with Crippen molar-refractivity contribution in [2.24, 2.45) is 0 Å². The van der Waals surface area contributed by atoms with Gasteiger partial charge in [-0.1, -0.05) is 134 Å². The van der Waals surface area contributed by atoms with Gasteiger partial charge in [-0.2, -0.15) is 0 Å². The Hall–Kier alpha value is -5.22. The maximum atomic E-state index is 7.08. The van der Waals surface area contributed by atoms with Crippen LogP contribution in [0.1, 0.15) is 133 Å². The fourth-order valence-electron chi connectivity index (χ4n) is 11.7. The first-order valence-electron chi connectivity index (χ1n) is 22.8. The summed E-state index contributed by atoms with van der Waals surface area (Å²) in [5, 5.41) is 2.35. The highest BCUT2D eigenvalue weighted by Crippen LogP contribution is 2.53. The summed E-state index contributed by atoms with van der Waals surface area (Å²) in [6.45, 7) is 21.5. The molecule has 302 valence electrons. The van der Waals surface area contributed by atoms with Crippen molar-refractivity contribution in [2.75, 3.05) is 9.80 Å². The number of fused-ring (bicyclic) bond motifs is 9. The van der Waals surface area contributed by atoms with Crippen LogP contribution in [0.5, 0.6) is 0 Å². The Balaban J connectivity index is 1.31. The maximum Gasteiger partial charge on any atom is 0.252 e. The van der Waals surface area contributed by atoms with E-state index in [4.69, 9.17) is 4.42 Å². The lowest BCUT2D eigenvalue weighted by Gasteiger charge is -2.48. The van der Waals surface area contributed by atoms with E-state index in [9.17, 15) is 0 Å². The minimum absolute atomic E-state index is 0.0230. The number of furan rings is 1. The van der Waals surface area contributed by atoms with Crippen LogP contribution in [-0.4, -0.2) is 6.71 Å². The minimum Gasteiger partial charge on any atom is -0.454 e. The zero-order valence-corrected chi connectivity index (χ0v) is 37.2. The fourth-order valence-corrected chi connectivity index (χ4v) is 11.7. The van der Waals surface area contributed by atoms with Crippen LogP contribution in [0.25, 0.3) is 21.9 Å². The van der Waals surface area contributed by atoms with Gasteiger partial charge in [-0.3, -0.25) is 0 Å². The average molecular weight is 787 g/mol. The molecule has 60 heavy (non-hydrogen) atoms. The highest BCUT2D eigenvalue weighted by molar-refractivity contribution is 7.00. The van der Waals surface area contributed by atoms with Gasteiger partial charge in [-0.05, 0) is 148 Å². The van der Waals surface area contributed by atoms with Gasteiger partial charge >= 0.3 is 0 Å². The fraction of sp³-hybridized carbons (Fsp3) is 0.357. The Bertz CT molecular complexity index is 2900. The van der Waals surface area contributed by atoms with Gasteiger partial charge in [0.15, 0.2) is 5.58 Å². The van der Waals surface area contributed by atoms with Crippen molar-refractivity contribution in [2.45, 2.75) is 129 Å². The predicted molar refractivity (Wildman–Crippen MR) is 257 cm³/mol. The molecule has 0 radical (unpaired) electrons. The van der Waals surface area contributed by atoms with E-state index < -0.39 is 0 Å². The van der Waals surface area contributed by atoms with Gasteiger partial charge in [-0.25, -0.2) is 0 Å². The van der Waals surface area contributed by atoms with E-state index in [1.165, 1.54) is 140 Å². The van der Waals surface area contributed by atoms with Gasteiger partial charge in [0, 0.05) is 39.2 Å². The van der Waals surface area contributed by atoms with Crippen LogP contribution in [-0.2, 0) is 16.2 Å². The topological polar surface area (TPSA) is 19.6 Å². The van der Waals surface area contributed by atoms with Crippen molar-refractivity contribution in [1.82, 2.24) is 0 Å². The smallest absolute Gasteiger partial charge is 0.252 e. The van der Waals surface area contributed by atoms with Crippen molar-refractivity contribution in [3.8, 4) is 0 Å². The van der Waals surface area contributed by atoms with E-state index in [1.807, 2.05) is 0 Å². The van der Waals surface area contributed by atoms with E-state index >= 15 is 0 Å². The Morgan fingerprint density at radius 1 is 0.600 bits per heavy atom. The van der Waals surface area contributed by atoms with Crippen LogP contribution in [0.3, 0.4) is 0 Å². The molecule has 0 bridgehead atoms. The number of aryl methyl sites for hydroxylation is 2. The lowest BCUT2D eigenvalue weighted by atomic mass is 9.33. The number of anilines is 6. The van der Waals surface area contributed by atoms with E-state index in [1.54, 1.807) is 0 Å². The van der Waals surface area contributed by atoms with Crippen LogP contribution < -0.4 is 26.2 Å². The largest absolute Gasteiger partial charge is 0.454 e. The molecule has 4 aliphatic rings. The summed E-state index contributed by atoms with van der Waals surface area (Å²) in [4.78, 5) is 5.32.